The zero-order valence-corrected chi connectivity index (χ0v) is 7.26. The molecule has 0 saturated carbocycles. The van der Waals surface area contributed by atoms with Crippen LogP contribution in [0.25, 0.3) is 0 Å². The summed E-state index contributed by atoms with van der Waals surface area (Å²) < 4.78 is 37.9. The zero-order valence-electron chi connectivity index (χ0n) is 7.26. The molecule has 0 fully saturated rings. The highest BCUT2D eigenvalue weighted by molar-refractivity contribution is 5.23. The Balaban J connectivity index is 3.25. The lowest BCUT2D eigenvalue weighted by atomic mass is 10.1. The monoisotopic (exact) mass is 193 g/mol. The molecular formula is C7H10F3N3. The zero-order chi connectivity index (χ0) is 10.2. The number of hydrogen-bond donors (Lipinski definition) is 1. The number of aromatic nitrogens is 2. The molecule has 0 aliphatic carbocycles. The third-order valence-corrected chi connectivity index (χ3v) is 1.73. The van der Waals surface area contributed by atoms with Crippen LogP contribution in [0.5, 0.6) is 0 Å². The number of halogens is 3. The van der Waals surface area contributed by atoms with Crippen molar-refractivity contribution in [1.29, 1.82) is 0 Å². The smallest absolute Gasteiger partial charge is 0.324 e. The normalized spacial score (nSPS) is 14.6. The van der Waals surface area contributed by atoms with Gasteiger partial charge in [-0.25, -0.2) is 0 Å². The van der Waals surface area contributed by atoms with Crippen LogP contribution >= 0.6 is 0 Å². The van der Waals surface area contributed by atoms with Gasteiger partial charge in [-0.1, -0.05) is 0 Å². The Kier molecular flexibility index (Phi) is 2.34. The second-order valence-corrected chi connectivity index (χ2v) is 2.86. The minimum absolute atomic E-state index is 0.0231. The lowest BCUT2D eigenvalue weighted by molar-refractivity contribution is -0.144. The van der Waals surface area contributed by atoms with Crippen molar-refractivity contribution in [2.75, 3.05) is 0 Å². The predicted octanol–water partition coefficient (Wildman–Crippen LogP) is 1.46. The van der Waals surface area contributed by atoms with Crippen LogP contribution in [-0.4, -0.2) is 9.78 Å². The Labute approximate surface area is 73.3 Å². The van der Waals surface area contributed by atoms with Gasteiger partial charge in [0.2, 0.25) is 0 Å². The molecule has 0 spiro atoms. The first kappa shape index (κ1) is 10.0. The van der Waals surface area contributed by atoms with Gasteiger partial charge in [-0.15, -0.1) is 0 Å². The number of nitrogens with zero attached hydrogens (tertiary/aromatic N) is 2. The van der Waals surface area contributed by atoms with E-state index in [2.05, 4.69) is 5.10 Å². The van der Waals surface area contributed by atoms with Gasteiger partial charge in [0, 0.05) is 18.7 Å². The molecule has 1 aromatic heterocycles. The third-order valence-electron chi connectivity index (χ3n) is 1.73. The number of alkyl halides is 3. The van der Waals surface area contributed by atoms with Gasteiger partial charge in [-0.3, -0.25) is 4.68 Å². The number of hydrogen-bond acceptors (Lipinski definition) is 2. The second-order valence-electron chi connectivity index (χ2n) is 2.86. The van der Waals surface area contributed by atoms with E-state index >= 15 is 0 Å². The highest BCUT2D eigenvalue weighted by atomic mass is 19.4. The summed E-state index contributed by atoms with van der Waals surface area (Å²) in [4.78, 5) is 0. The van der Waals surface area contributed by atoms with Crippen LogP contribution in [0.15, 0.2) is 6.20 Å². The maximum absolute atomic E-state index is 12.4. The molecule has 0 amide bonds. The molecule has 0 aromatic carbocycles. The van der Waals surface area contributed by atoms with Crippen LogP contribution in [-0.2, 0) is 13.2 Å². The van der Waals surface area contributed by atoms with Crippen molar-refractivity contribution in [2.45, 2.75) is 19.1 Å². The molecule has 74 valence electrons. The topological polar surface area (TPSA) is 43.8 Å². The molecule has 0 radical (unpaired) electrons. The maximum Gasteiger partial charge on any atom is 0.433 e. The van der Waals surface area contributed by atoms with Gasteiger partial charge in [0.1, 0.15) is 5.69 Å². The summed E-state index contributed by atoms with van der Waals surface area (Å²) in [5, 5.41) is 3.52. The van der Waals surface area contributed by atoms with E-state index in [-0.39, 0.29) is 5.56 Å². The molecule has 0 aliphatic heterocycles. The summed E-state index contributed by atoms with van der Waals surface area (Å²) in [5.41, 5.74) is 4.62. The second kappa shape index (κ2) is 3.02. The van der Waals surface area contributed by atoms with Crippen molar-refractivity contribution in [1.82, 2.24) is 9.78 Å². The van der Waals surface area contributed by atoms with Crippen molar-refractivity contribution in [3.63, 3.8) is 0 Å². The summed E-state index contributed by atoms with van der Waals surface area (Å²) in [6.45, 7) is 1.49. The fourth-order valence-electron chi connectivity index (χ4n) is 1.13. The lowest BCUT2D eigenvalue weighted by Gasteiger charge is -2.11. The van der Waals surface area contributed by atoms with E-state index in [9.17, 15) is 13.2 Å². The SMILES string of the molecule is C[C@@H](N)c1cnn(C)c1C(F)(F)F. The molecule has 1 aromatic rings. The molecular weight excluding hydrogens is 183 g/mol. The number of nitrogens with two attached hydrogens (primary N) is 1. The van der Waals surface area contributed by atoms with Gasteiger partial charge in [0.25, 0.3) is 0 Å². The number of aryl methyl sites for hydroxylation is 1. The average molecular weight is 193 g/mol. The van der Waals surface area contributed by atoms with E-state index < -0.39 is 17.9 Å². The quantitative estimate of drug-likeness (QED) is 0.733. The van der Waals surface area contributed by atoms with E-state index in [4.69, 9.17) is 5.73 Å². The molecule has 0 saturated heterocycles. The minimum Gasteiger partial charge on any atom is -0.324 e. The van der Waals surface area contributed by atoms with Crippen molar-refractivity contribution in [3.8, 4) is 0 Å². The van der Waals surface area contributed by atoms with Crippen molar-refractivity contribution in [3.05, 3.63) is 17.5 Å². The van der Waals surface area contributed by atoms with Crippen LogP contribution < -0.4 is 5.73 Å². The molecule has 0 bridgehead atoms. The van der Waals surface area contributed by atoms with E-state index in [1.165, 1.54) is 14.0 Å². The maximum atomic E-state index is 12.4. The summed E-state index contributed by atoms with van der Waals surface area (Å²) in [6.07, 6.45) is -3.25. The first-order valence-electron chi connectivity index (χ1n) is 3.68. The summed E-state index contributed by atoms with van der Waals surface area (Å²) in [5.74, 6) is 0. The molecule has 1 heterocycles. The van der Waals surface area contributed by atoms with Gasteiger partial charge < -0.3 is 5.73 Å². The first-order valence-corrected chi connectivity index (χ1v) is 3.68. The summed E-state index contributed by atoms with van der Waals surface area (Å²) in [7, 11) is 1.24. The lowest BCUT2D eigenvalue weighted by Crippen LogP contribution is -2.17. The molecule has 13 heavy (non-hydrogen) atoms. The van der Waals surface area contributed by atoms with Gasteiger partial charge in [0.05, 0.1) is 6.20 Å². The fraction of sp³-hybridized carbons (Fsp3) is 0.571. The highest BCUT2D eigenvalue weighted by Gasteiger charge is 2.37. The first-order chi connectivity index (χ1) is 5.84. The van der Waals surface area contributed by atoms with Crippen LogP contribution in [0.3, 0.4) is 0 Å². The average Bonchev–Trinajstić information content (AvgIpc) is 2.28. The van der Waals surface area contributed by atoms with Gasteiger partial charge in [-0.05, 0) is 6.92 Å². The van der Waals surface area contributed by atoms with E-state index in [0.717, 1.165) is 10.9 Å². The molecule has 0 unspecified atom stereocenters. The fourth-order valence-corrected chi connectivity index (χ4v) is 1.13. The summed E-state index contributed by atoms with van der Waals surface area (Å²) in [6, 6.07) is -0.662. The Morgan fingerprint density at radius 1 is 1.54 bits per heavy atom. The third kappa shape index (κ3) is 1.82. The van der Waals surface area contributed by atoms with Gasteiger partial charge >= 0.3 is 6.18 Å². The molecule has 3 nitrogen and oxygen atoms in total. The standard InChI is InChI=1S/C7H10F3N3/c1-4(11)5-3-12-13(2)6(5)7(8,9)10/h3-4H,11H2,1-2H3/t4-/m1/s1. The molecule has 6 heteroatoms. The van der Waals surface area contributed by atoms with Gasteiger partial charge in [-0.2, -0.15) is 18.3 Å². The highest BCUT2D eigenvalue weighted by Crippen LogP contribution is 2.33. The van der Waals surface area contributed by atoms with E-state index in [1.54, 1.807) is 0 Å². The van der Waals surface area contributed by atoms with Crippen molar-refractivity contribution in [2.24, 2.45) is 12.8 Å². The van der Waals surface area contributed by atoms with E-state index in [1.807, 2.05) is 0 Å². The number of rotatable bonds is 1. The van der Waals surface area contributed by atoms with Crippen molar-refractivity contribution < 1.29 is 13.2 Å². The molecule has 1 atom stereocenters. The minimum atomic E-state index is -4.39. The molecule has 0 aliphatic rings. The van der Waals surface area contributed by atoms with Crippen LogP contribution in [0.2, 0.25) is 0 Å². The van der Waals surface area contributed by atoms with Crippen molar-refractivity contribution >= 4 is 0 Å². The van der Waals surface area contributed by atoms with Gasteiger partial charge in [0.15, 0.2) is 0 Å². The Morgan fingerprint density at radius 3 is 2.38 bits per heavy atom. The predicted molar refractivity (Wildman–Crippen MR) is 40.8 cm³/mol. The van der Waals surface area contributed by atoms with E-state index in [0.29, 0.717) is 0 Å². The largest absolute Gasteiger partial charge is 0.433 e. The Hall–Kier alpha value is -1.04. The Morgan fingerprint density at radius 2 is 2.08 bits per heavy atom. The van der Waals surface area contributed by atoms with Crippen LogP contribution in [0, 0.1) is 0 Å². The summed E-state index contributed by atoms with van der Waals surface area (Å²) >= 11 is 0. The Bertz CT molecular complexity index is 300. The van der Waals surface area contributed by atoms with Crippen LogP contribution in [0.4, 0.5) is 13.2 Å². The van der Waals surface area contributed by atoms with Crippen LogP contribution in [0.1, 0.15) is 24.2 Å². The molecule has 1 rings (SSSR count). The molecule has 2 N–H and O–H groups in total.